The predicted octanol–water partition coefficient (Wildman–Crippen LogP) is 5.84. The zero-order chi connectivity index (χ0) is 24.2. The molecule has 178 valence electrons. The molecule has 35 heavy (non-hydrogen) atoms. The number of piperazine rings is 1. The van der Waals surface area contributed by atoms with E-state index >= 15 is 0 Å². The van der Waals surface area contributed by atoms with Gasteiger partial charge in [-0.15, -0.1) is 0 Å². The van der Waals surface area contributed by atoms with Crippen molar-refractivity contribution in [1.29, 1.82) is 0 Å². The van der Waals surface area contributed by atoms with Crippen molar-refractivity contribution in [1.82, 2.24) is 15.1 Å². The Morgan fingerprint density at radius 1 is 0.914 bits per heavy atom. The molecule has 1 saturated heterocycles. The number of nitrogens with one attached hydrogen (secondary N) is 1. The quantitative estimate of drug-likeness (QED) is 0.374. The Hall–Kier alpha value is -3.18. The van der Waals surface area contributed by atoms with Crippen molar-refractivity contribution >= 4 is 28.3 Å². The van der Waals surface area contributed by atoms with E-state index in [2.05, 4.69) is 46.6 Å². The van der Waals surface area contributed by atoms with E-state index in [-0.39, 0.29) is 5.91 Å². The van der Waals surface area contributed by atoms with Crippen LogP contribution < -0.4 is 5.32 Å². The Morgan fingerprint density at radius 2 is 1.60 bits per heavy atom. The lowest BCUT2D eigenvalue weighted by molar-refractivity contribution is 0.0785. The van der Waals surface area contributed by atoms with Gasteiger partial charge >= 0.3 is 0 Å². The number of hydrogen-bond donors (Lipinski definition) is 1. The molecular weight excluding hydrogens is 454 g/mol. The van der Waals surface area contributed by atoms with E-state index in [9.17, 15) is 4.79 Å². The molecule has 1 amide bonds. The van der Waals surface area contributed by atoms with Crippen LogP contribution in [0.1, 0.15) is 21.5 Å². The minimum Gasteiger partial charge on any atom is -0.337 e. The Labute approximate surface area is 212 Å². The van der Waals surface area contributed by atoms with Gasteiger partial charge in [-0.2, -0.15) is 0 Å². The molecule has 5 rings (SSSR count). The molecule has 0 saturated carbocycles. The van der Waals surface area contributed by atoms with Gasteiger partial charge < -0.3 is 10.2 Å². The smallest absolute Gasteiger partial charge is 0.253 e. The lowest BCUT2D eigenvalue weighted by Crippen LogP contribution is -2.42. The fraction of sp³-hybridized carbons (Fsp3) is 0.233. The van der Waals surface area contributed by atoms with Crippen LogP contribution in [0.4, 0.5) is 0 Å². The number of amides is 1. The van der Waals surface area contributed by atoms with E-state index in [4.69, 9.17) is 11.6 Å². The molecule has 0 radical (unpaired) electrons. The maximum Gasteiger partial charge on any atom is 0.253 e. The minimum atomic E-state index is 0.0139. The monoisotopic (exact) mass is 483 g/mol. The molecule has 0 aromatic heterocycles. The first-order valence-corrected chi connectivity index (χ1v) is 12.5. The summed E-state index contributed by atoms with van der Waals surface area (Å²) >= 11 is 6.00. The summed E-state index contributed by atoms with van der Waals surface area (Å²) < 4.78 is 0. The zero-order valence-electron chi connectivity index (χ0n) is 20.0. The lowest BCUT2D eigenvalue weighted by atomic mass is 10.0. The Morgan fingerprint density at radius 3 is 2.31 bits per heavy atom. The van der Waals surface area contributed by atoms with E-state index in [0.717, 1.165) is 49.4 Å². The average molecular weight is 484 g/mol. The first kappa shape index (κ1) is 23.6. The summed E-state index contributed by atoms with van der Waals surface area (Å²) in [5.41, 5.74) is 5.32. The third-order valence-corrected chi connectivity index (χ3v) is 6.97. The van der Waals surface area contributed by atoms with Crippen LogP contribution in [0.5, 0.6) is 0 Å². The number of fused-ring (bicyclic) bond motifs is 1. The predicted molar refractivity (Wildman–Crippen MR) is 145 cm³/mol. The fourth-order valence-corrected chi connectivity index (χ4v) is 4.89. The van der Waals surface area contributed by atoms with Crippen molar-refractivity contribution in [2.24, 2.45) is 0 Å². The van der Waals surface area contributed by atoms with Crippen molar-refractivity contribution in [3.8, 4) is 11.1 Å². The molecule has 1 fully saturated rings. The van der Waals surface area contributed by atoms with Crippen molar-refractivity contribution in [2.75, 3.05) is 33.2 Å². The molecule has 0 bridgehead atoms. The van der Waals surface area contributed by atoms with Gasteiger partial charge in [0.2, 0.25) is 0 Å². The Balaban J connectivity index is 1.29. The standard InChI is InChI=1S/C30H30ClN3O/c1-33(30(35)25-8-6-23(7-9-25)24-10-12-28(31)13-11-24)21-27-4-2-3-26-19-22(5-14-29(26)27)20-34-17-15-32-16-18-34/h2-14,19,32H,15-18,20-21H2,1H3. The molecule has 4 aromatic carbocycles. The molecule has 4 aromatic rings. The zero-order valence-corrected chi connectivity index (χ0v) is 20.8. The number of rotatable bonds is 6. The highest BCUT2D eigenvalue weighted by molar-refractivity contribution is 6.30. The largest absolute Gasteiger partial charge is 0.337 e. The summed E-state index contributed by atoms with van der Waals surface area (Å²) in [5, 5.41) is 6.55. The number of hydrogen-bond acceptors (Lipinski definition) is 3. The van der Waals surface area contributed by atoms with Crippen molar-refractivity contribution in [2.45, 2.75) is 13.1 Å². The van der Waals surface area contributed by atoms with Crippen molar-refractivity contribution < 1.29 is 4.79 Å². The van der Waals surface area contributed by atoms with Crippen LogP contribution in [0.15, 0.2) is 84.9 Å². The van der Waals surface area contributed by atoms with Gasteiger partial charge in [0.25, 0.3) is 5.91 Å². The molecule has 1 heterocycles. The van der Waals surface area contributed by atoms with Gasteiger partial charge in [0.05, 0.1) is 0 Å². The fourth-order valence-electron chi connectivity index (χ4n) is 4.76. The normalized spacial score (nSPS) is 14.2. The summed E-state index contributed by atoms with van der Waals surface area (Å²) in [7, 11) is 1.87. The van der Waals surface area contributed by atoms with E-state index in [1.165, 1.54) is 16.3 Å². The van der Waals surface area contributed by atoms with E-state index in [0.29, 0.717) is 17.1 Å². The molecule has 4 nitrogen and oxygen atoms in total. The third kappa shape index (κ3) is 5.57. The molecule has 0 atom stereocenters. The summed E-state index contributed by atoms with van der Waals surface area (Å²) in [6, 6.07) is 28.6. The van der Waals surface area contributed by atoms with Crippen LogP contribution in [0, 0.1) is 0 Å². The van der Waals surface area contributed by atoms with Crippen molar-refractivity contribution in [3.05, 3.63) is 107 Å². The number of halogens is 1. The number of carbonyl (C=O) groups excluding carboxylic acids is 1. The number of nitrogens with zero attached hydrogens (tertiary/aromatic N) is 2. The first-order valence-electron chi connectivity index (χ1n) is 12.1. The topological polar surface area (TPSA) is 35.6 Å². The van der Waals surface area contributed by atoms with Gasteiger partial charge in [-0.1, -0.05) is 66.2 Å². The molecule has 0 unspecified atom stereocenters. The molecule has 0 aliphatic carbocycles. The van der Waals surface area contributed by atoms with Crippen molar-refractivity contribution in [3.63, 3.8) is 0 Å². The number of carbonyl (C=O) groups is 1. The Bertz CT molecular complexity index is 1310. The average Bonchev–Trinajstić information content (AvgIpc) is 2.89. The molecule has 1 aliphatic heterocycles. The van der Waals surface area contributed by atoms with Crippen LogP contribution in [0.2, 0.25) is 5.02 Å². The van der Waals surface area contributed by atoms with Gasteiger partial charge in [0, 0.05) is 56.9 Å². The van der Waals surface area contributed by atoms with E-state index in [1.54, 1.807) is 4.90 Å². The second-order valence-electron chi connectivity index (χ2n) is 9.24. The highest BCUT2D eigenvalue weighted by Gasteiger charge is 2.15. The summed E-state index contributed by atoms with van der Waals surface area (Å²) in [5.74, 6) is 0.0139. The molecule has 1 N–H and O–H groups in total. The second-order valence-corrected chi connectivity index (χ2v) is 9.68. The molecule has 5 heteroatoms. The van der Waals surface area contributed by atoms with Crippen LogP contribution in [0.25, 0.3) is 21.9 Å². The molecule has 0 spiro atoms. The van der Waals surface area contributed by atoms with Gasteiger partial charge in [-0.05, 0) is 63.4 Å². The SMILES string of the molecule is CN(Cc1cccc2cc(CN3CCNCC3)ccc12)C(=O)c1ccc(-c2ccc(Cl)cc2)cc1. The second kappa shape index (κ2) is 10.6. The van der Waals surface area contributed by atoms with Crippen LogP contribution in [0.3, 0.4) is 0 Å². The van der Waals surface area contributed by atoms with E-state index < -0.39 is 0 Å². The highest BCUT2D eigenvalue weighted by atomic mass is 35.5. The van der Waals surface area contributed by atoms with Gasteiger partial charge in [0.1, 0.15) is 0 Å². The minimum absolute atomic E-state index is 0.0139. The van der Waals surface area contributed by atoms with Crippen LogP contribution in [-0.4, -0.2) is 48.9 Å². The first-order chi connectivity index (χ1) is 17.1. The number of benzene rings is 4. The summed E-state index contributed by atoms with van der Waals surface area (Å²) in [6.07, 6.45) is 0. The molecule has 1 aliphatic rings. The summed E-state index contributed by atoms with van der Waals surface area (Å²) in [6.45, 7) is 5.83. The summed E-state index contributed by atoms with van der Waals surface area (Å²) in [4.78, 5) is 17.4. The Kier molecular flexibility index (Phi) is 7.14. The third-order valence-electron chi connectivity index (χ3n) is 6.71. The van der Waals surface area contributed by atoms with E-state index in [1.807, 2.05) is 55.6 Å². The van der Waals surface area contributed by atoms with Gasteiger partial charge in [-0.25, -0.2) is 0 Å². The van der Waals surface area contributed by atoms with Gasteiger partial charge in [0.15, 0.2) is 0 Å². The maximum atomic E-state index is 13.2. The molecular formula is C30H30ClN3O. The van der Waals surface area contributed by atoms with Crippen LogP contribution in [-0.2, 0) is 13.1 Å². The van der Waals surface area contributed by atoms with Gasteiger partial charge in [-0.3, -0.25) is 9.69 Å². The lowest BCUT2D eigenvalue weighted by Gasteiger charge is -2.27. The maximum absolute atomic E-state index is 13.2. The van der Waals surface area contributed by atoms with Crippen LogP contribution >= 0.6 is 11.6 Å². The highest BCUT2D eigenvalue weighted by Crippen LogP contribution is 2.24.